The maximum absolute atomic E-state index is 12.3. The molecular formula is C11H15BrN4O2S2. The Bertz CT molecular complexity index is 666. The van der Waals surface area contributed by atoms with Crippen LogP contribution < -0.4 is 10.0 Å². The van der Waals surface area contributed by atoms with Gasteiger partial charge in [-0.1, -0.05) is 6.92 Å². The zero-order valence-corrected chi connectivity index (χ0v) is 14.0. The van der Waals surface area contributed by atoms with Crippen LogP contribution in [0.4, 0.5) is 0 Å². The molecule has 110 valence electrons. The van der Waals surface area contributed by atoms with E-state index in [4.69, 9.17) is 0 Å². The van der Waals surface area contributed by atoms with Crippen LogP contribution in [0, 0.1) is 0 Å². The van der Waals surface area contributed by atoms with Gasteiger partial charge in [0.1, 0.15) is 0 Å². The van der Waals surface area contributed by atoms with Crippen molar-refractivity contribution in [2.75, 3.05) is 6.54 Å². The van der Waals surface area contributed by atoms with Crippen molar-refractivity contribution in [2.24, 2.45) is 0 Å². The van der Waals surface area contributed by atoms with E-state index in [0.29, 0.717) is 12.1 Å². The average molecular weight is 379 g/mol. The number of H-pyrrole nitrogens is 1. The molecule has 0 saturated heterocycles. The van der Waals surface area contributed by atoms with E-state index in [-0.39, 0.29) is 11.6 Å². The third-order valence-electron chi connectivity index (χ3n) is 2.63. The summed E-state index contributed by atoms with van der Waals surface area (Å²) in [6, 6.07) is 1.89. The zero-order valence-electron chi connectivity index (χ0n) is 10.8. The summed E-state index contributed by atoms with van der Waals surface area (Å²) < 4.78 is 28.0. The summed E-state index contributed by atoms with van der Waals surface area (Å²) in [5, 5.41) is 11.5. The predicted octanol–water partition coefficient (Wildman–Crippen LogP) is 1.82. The lowest BCUT2D eigenvalue weighted by Crippen LogP contribution is -2.25. The van der Waals surface area contributed by atoms with E-state index in [9.17, 15) is 8.42 Å². The lowest BCUT2D eigenvalue weighted by molar-refractivity contribution is 0.574. The molecule has 0 aromatic carbocycles. The molecule has 2 rings (SSSR count). The Kier molecular flexibility index (Phi) is 5.33. The summed E-state index contributed by atoms with van der Waals surface area (Å²) in [4.78, 5) is 0.932. The highest BCUT2D eigenvalue weighted by Crippen LogP contribution is 2.23. The van der Waals surface area contributed by atoms with E-state index in [1.165, 1.54) is 17.5 Å². The molecule has 0 saturated carbocycles. The first-order chi connectivity index (χ1) is 9.54. The Hall–Kier alpha value is -0.740. The van der Waals surface area contributed by atoms with Gasteiger partial charge in [-0.05, 0) is 33.9 Å². The molecule has 2 heterocycles. The van der Waals surface area contributed by atoms with Crippen LogP contribution in [0.15, 0.2) is 27.1 Å². The Balaban J connectivity index is 2.10. The van der Waals surface area contributed by atoms with Crippen LogP contribution in [0.2, 0.25) is 0 Å². The van der Waals surface area contributed by atoms with Crippen molar-refractivity contribution in [3.8, 4) is 0 Å². The molecule has 0 unspecified atom stereocenters. The minimum absolute atomic E-state index is 0.117. The van der Waals surface area contributed by atoms with Crippen LogP contribution in [-0.4, -0.2) is 25.2 Å². The topological polar surface area (TPSA) is 86.9 Å². The summed E-state index contributed by atoms with van der Waals surface area (Å²) in [7, 11) is -3.59. The number of hydrogen-bond donors (Lipinski definition) is 3. The highest BCUT2D eigenvalue weighted by Gasteiger charge is 2.20. The van der Waals surface area contributed by atoms with Crippen molar-refractivity contribution in [1.29, 1.82) is 0 Å². The minimum Gasteiger partial charge on any atom is -0.313 e. The largest absolute Gasteiger partial charge is 0.313 e. The molecular weight excluding hydrogens is 364 g/mol. The van der Waals surface area contributed by atoms with Gasteiger partial charge in [-0.2, -0.15) is 5.10 Å². The van der Waals surface area contributed by atoms with Crippen molar-refractivity contribution in [1.82, 2.24) is 20.2 Å². The van der Waals surface area contributed by atoms with Crippen LogP contribution in [-0.2, 0) is 23.1 Å². The second-order valence-corrected chi connectivity index (χ2v) is 7.58. The highest BCUT2D eigenvalue weighted by molar-refractivity contribution is 9.10. The molecule has 0 fully saturated rings. The fourth-order valence-corrected chi connectivity index (χ4v) is 4.25. The number of nitrogens with one attached hydrogen (secondary N) is 3. The van der Waals surface area contributed by atoms with Gasteiger partial charge in [0.05, 0.1) is 6.20 Å². The SMILES string of the molecule is CCNCc1cn[nH]c1S(=O)(=O)NCc1sccc1Br. The van der Waals surface area contributed by atoms with Crippen molar-refractivity contribution in [3.05, 3.63) is 32.6 Å². The Morgan fingerprint density at radius 1 is 1.45 bits per heavy atom. The van der Waals surface area contributed by atoms with E-state index in [1.54, 1.807) is 0 Å². The van der Waals surface area contributed by atoms with Crippen LogP contribution >= 0.6 is 27.3 Å². The van der Waals surface area contributed by atoms with Crippen molar-refractivity contribution < 1.29 is 8.42 Å². The van der Waals surface area contributed by atoms with E-state index >= 15 is 0 Å². The number of halogens is 1. The molecule has 20 heavy (non-hydrogen) atoms. The molecule has 0 aliphatic heterocycles. The van der Waals surface area contributed by atoms with Gasteiger partial charge in [0.15, 0.2) is 5.03 Å². The molecule has 0 amide bonds. The number of sulfonamides is 1. The van der Waals surface area contributed by atoms with Crippen LogP contribution in [0.25, 0.3) is 0 Å². The summed E-state index contributed by atoms with van der Waals surface area (Å²) >= 11 is 4.87. The molecule has 0 spiro atoms. The fraction of sp³-hybridized carbons (Fsp3) is 0.364. The van der Waals surface area contributed by atoms with Gasteiger partial charge in [-0.15, -0.1) is 11.3 Å². The third kappa shape index (κ3) is 3.67. The Morgan fingerprint density at radius 2 is 2.25 bits per heavy atom. The molecule has 6 nitrogen and oxygen atoms in total. The summed E-state index contributed by atoms with van der Waals surface area (Å²) in [6.45, 7) is 3.44. The molecule has 2 aromatic heterocycles. The second kappa shape index (κ2) is 6.81. The molecule has 2 aromatic rings. The molecule has 3 N–H and O–H groups in total. The molecule has 0 bridgehead atoms. The monoisotopic (exact) mass is 378 g/mol. The first-order valence-electron chi connectivity index (χ1n) is 5.99. The van der Waals surface area contributed by atoms with E-state index in [2.05, 4.69) is 36.2 Å². The minimum atomic E-state index is -3.59. The molecule has 0 radical (unpaired) electrons. The zero-order chi connectivity index (χ0) is 14.6. The quantitative estimate of drug-likeness (QED) is 0.685. The van der Waals surface area contributed by atoms with Gasteiger partial charge in [0.2, 0.25) is 0 Å². The molecule has 9 heteroatoms. The fourth-order valence-electron chi connectivity index (χ4n) is 1.60. The van der Waals surface area contributed by atoms with Gasteiger partial charge < -0.3 is 5.32 Å². The predicted molar refractivity (Wildman–Crippen MR) is 82.0 cm³/mol. The third-order valence-corrected chi connectivity index (χ3v) is 5.97. The Morgan fingerprint density at radius 3 is 2.90 bits per heavy atom. The first-order valence-corrected chi connectivity index (χ1v) is 9.14. The standard InChI is InChI=1S/C11H15BrN4O2S2/c1-2-13-5-8-6-14-16-11(8)20(17,18)15-7-10-9(12)3-4-19-10/h3-4,6,13,15H,2,5,7H2,1H3,(H,14,16). The van der Waals surface area contributed by atoms with Crippen molar-refractivity contribution in [3.63, 3.8) is 0 Å². The van der Waals surface area contributed by atoms with E-state index in [0.717, 1.165) is 15.9 Å². The van der Waals surface area contributed by atoms with Gasteiger partial charge in [0, 0.05) is 28.0 Å². The summed E-state index contributed by atoms with van der Waals surface area (Å²) in [6.07, 6.45) is 1.53. The second-order valence-electron chi connectivity index (χ2n) is 4.02. The Labute approximate surface area is 130 Å². The van der Waals surface area contributed by atoms with Crippen LogP contribution in [0.3, 0.4) is 0 Å². The van der Waals surface area contributed by atoms with Crippen LogP contribution in [0.5, 0.6) is 0 Å². The molecule has 0 atom stereocenters. The summed E-state index contributed by atoms with van der Waals surface area (Å²) in [5.41, 5.74) is 0.629. The van der Waals surface area contributed by atoms with E-state index < -0.39 is 10.0 Å². The van der Waals surface area contributed by atoms with Gasteiger partial charge in [-0.3, -0.25) is 5.10 Å². The molecule has 0 aliphatic carbocycles. The maximum Gasteiger partial charge on any atom is 0.258 e. The van der Waals surface area contributed by atoms with Gasteiger partial charge >= 0.3 is 0 Å². The van der Waals surface area contributed by atoms with Crippen molar-refractivity contribution >= 4 is 37.3 Å². The first kappa shape index (κ1) is 15.6. The number of aromatic amines is 1. The maximum atomic E-state index is 12.3. The number of nitrogens with zero attached hydrogens (tertiary/aromatic N) is 1. The van der Waals surface area contributed by atoms with Gasteiger partial charge in [-0.25, -0.2) is 13.1 Å². The summed E-state index contributed by atoms with van der Waals surface area (Å²) in [5.74, 6) is 0. The van der Waals surface area contributed by atoms with Gasteiger partial charge in [0.25, 0.3) is 10.0 Å². The number of hydrogen-bond acceptors (Lipinski definition) is 5. The normalized spacial score (nSPS) is 11.9. The number of thiophene rings is 1. The number of rotatable bonds is 7. The number of aromatic nitrogens is 2. The highest BCUT2D eigenvalue weighted by atomic mass is 79.9. The van der Waals surface area contributed by atoms with Crippen molar-refractivity contribution in [2.45, 2.75) is 25.0 Å². The van der Waals surface area contributed by atoms with E-state index in [1.807, 2.05) is 18.4 Å². The lowest BCUT2D eigenvalue weighted by Gasteiger charge is -2.07. The van der Waals surface area contributed by atoms with Crippen LogP contribution in [0.1, 0.15) is 17.4 Å². The molecule has 0 aliphatic rings. The smallest absolute Gasteiger partial charge is 0.258 e. The average Bonchev–Trinajstić information content (AvgIpc) is 3.03. The lowest BCUT2D eigenvalue weighted by atomic mass is 10.3.